The number of anilines is 1. The predicted molar refractivity (Wildman–Crippen MR) is 129 cm³/mol. The Hall–Kier alpha value is -4.59. The van der Waals surface area contributed by atoms with E-state index < -0.39 is 70.6 Å². The van der Waals surface area contributed by atoms with Gasteiger partial charge in [-0.15, -0.1) is 0 Å². The van der Waals surface area contributed by atoms with Crippen molar-refractivity contribution in [3.8, 4) is 0 Å². The van der Waals surface area contributed by atoms with E-state index in [1.54, 1.807) is 0 Å². The zero-order valence-corrected chi connectivity index (χ0v) is 20.9. The Morgan fingerprint density at radius 1 is 0.707 bits per heavy atom. The summed E-state index contributed by atoms with van der Waals surface area (Å²) in [6, 6.07) is 10.6. The molecule has 0 aliphatic heterocycles. The first-order valence-electron chi connectivity index (χ1n) is 11.1. The summed E-state index contributed by atoms with van der Waals surface area (Å²) in [6.45, 7) is 0. The van der Waals surface area contributed by atoms with Crippen LogP contribution in [0.2, 0.25) is 5.02 Å². The monoisotopic (exact) mass is 603 g/mol. The van der Waals surface area contributed by atoms with E-state index >= 15 is 0 Å². The van der Waals surface area contributed by atoms with Gasteiger partial charge >= 0.3 is 30.3 Å². The number of halogens is 7. The molecule has 2 atom stereocenters. The summed E-state index contributed by atoms with van der Waals surface area (Å²) < 4.78 is 88.2. The number of aliphatic carboxylic acids is 1. The number of amides is 1. The molecule has 0 unspecified atom stereocenters. The van der Waals surface area contributed by atoms with Gasteiger partial charge in [-0.3, -0.25) is 4.79 Å². The van der Waals surface area contributed by atoms with Gasteiger partial charge in [0.2, 0.25) is 12.2 Å². The SMILES string of the molecule is O=C(O[C@H](C(=O)Nc1ccc(Cl)cc1)[C@@H](OC(=O)c1cccc(C(F)(F)F)c1)C(=O)O)c1cccc(C(F)(F)F)c1. The number of carbonyl (C=O) groups is 4. The van der Waals surface area contributed by atoms with E-state index in [1.807, 2.05) is 0 Å². The molecule has 0 aromatic heterocycles. The quantitative estimate of drug-likeness (QED) is 0.245. The van der Waals surface area contributed by atoms with Crippen LogP contribution in [-0.4, -0.2) is 41.1 Å². The molecule has 8 nitrogen and oxygen atoms in total. The second-order valence-corrected chi connectivity index (χ2v) is 8.58. The van der Waals surface area contributed by atoms with Crippen LogP contribution in [0.4, 0.5) is 32.0 Å². The van der Waals surface area contributed by atoms with E-state index in [1.165, 1.54) is 24.3 Å². The van der Waals surface area contributed by atoms with Crippen molar-refractivity contribution < 1.29 is 60.1 Å². The van der Waals surface area contributed by atoms with Gasteiger partial charge in [0.25, 0.3) is 5.91 Å². The van der Waals surface area contributed by atoms with Gasteiger partial charge in [-0.25, -0.2) is 14.4 Å². The van der Waals surface area contributed by atoms with Crippen molar-refractivity contribution in [3.05, 3.63) is 100 Å². The molecule has 0 aliphatic rings. The second kappa shape index (κ2) is 12.3. The maximum atomic E-state index is 13.1. The summed E-state index contributed by atoms with van der Waals surface area (Å²) in [7, 11) is 0. The molecular weight excluding hydrogens is 588 g/mol. The van der Waals surface area contributed by atoms with Crippen molar-refractivity contribution in [1.29, 1.82) is 0 Å². The van der Waals surface area contributed by atoms with Crippen LogP contribution >= 0.6 is 11.6 Å². The Bertz CT molecular complexity index is 1460. The molecule has 0 spiro atoms. The van der Waals surface area contributed by atoms with Crippen LogP contribution in [0.15, 0.2) is 72.8 Å². The number of hydrogen-bond donors (Lipinski definition) is 2. The van der Waals surface area contributed by atoms with Gasteiger partial charge in [-0.05, 0) is 60.7 Å². The summed E-state index contributed by atoms with van der Waals surface area (Å²) in [5, 5.41) is 12.1. The summed E-state index contributed by atoms with van der Waals surface area (Å²) >= 11 is 5.77. The molecule has 2 N–H and O–H groups in total. The lowest BCUT2D eigenvalue weighted by Gasteiger charge is -2.24. The molecular formula is C26H16ClF6NO7. The van der Waals surface area contributed by atoms with E-state index in [2.05, 4.69) is 5.32 Å². The van der Waals surface area contributed by atoms with E-state index in [4.69, 9.17) is 21.1 Å². The number of alkyl halides is 6. The van der Waals surface area contributed by atoms with Gasteiger partial charge < -0.3 is 19.9 Å². The summed E-state index contributed by atoms with van der Waals surface area (Å²) in [6.07, 6.45) is -14.9. The van der Waals surface area contributed by atoms with Crippen LogP contribution in [0.5, 0.6) is 0 Å². The highest BCUT2D eigenvalue weighted by Crippen LogP contribution is 2.31. The zero-order chi connectivity index (χ0) is 30.5. The Morgan fingerprint density at radius 2 is 1.15 bits per heavy atom. The fourth-order valence-electron chi connectivity index (χ4n) is 3.25. The van der Waals surface area contributed by atoms with Crippen molar-refractivity contribution >= 4 is 41.1 Å². The van der Waals surface area contributed by atoms with Crippen LogP contribution in [-0.2, 0) is 31.4 Å². The van der Waals surface area contributed by atoms with Crippen molar-refractivity contribution in [2.24, 2.45) is 0 Å². The molecule has 15 heteroatoms. The van der Waals surface area contributed by atoms with Gasteiger partial charge in [0.1, 0.15) is 0 Å². The lowest BCUT2D eigenvalue weighted by atomic mass is 10.1. The fraction of sp³-hybridized carbons (Fsp3) is 0.154. The standard InChI is InChI=1S/C26H16ClF6NO7/c27-17-7-9-18(10-8-17)34-21(35)19(40-23(38)13-3-1-5-15(11-13)25(28,29)30)20(22(36)37)41-24(39)14-4-2-6-16(12-14)26(31,32)33/h1-12,19-20H,(H,34,35)(H,36,37)/t19-,20+/m0/s1. The predicted octanol–water partition coefficient (Wildman–Crippen LogP) is 5.85. The van der Waals surface area contributed by atoms with Gasteiger partial charge in [0, 0.05) is 10.7 Å². The van der Waals surface area contributed by atoms with Gasteiger partial charge in [0.15, 0.2) is 0 Å². The molecule has 1 amide bonds. The van der Waals surface area contributed by atoms with Crippen LogP contribution < -0.4 is 5.32 Å². The van der Waals surface area contributed by atoms with E-state index in [-0.39, 0.29) is 10.7 Å². The third-order valence-electron chi connectivity index (χ3n) is 5.21. The summed E-state index contributed by atoms with van der Waals surface area (Å²) in [5.74, 6) is -6.72. The first kappa shape index (κ1) is 30.9. The molecule has 0 saturated heterocycles. The minimum Gasteiger partial charge on any atom is -0.478 e. The van der Waals surface area contributed by atoms with E-state index in [0.29, 0.717) is 24.3 Å². The molecule has 0 fully saturated rings. The molecule has 0 radical (unpaired) electrons. The van der Waals surface area contributed by atoms with Gasteiger partial charge in [-0.1, -0.05) is 23.7 Å². The minimum atomic E-state index is -4.87. The molecule has 41 heavy (non-hydrogen) atoms. The van der Waals surface area contributed by atoms with E-state index in [9.17, 15) is 50.6 Å². The topological polar surface area (TPSA) is 119 Å². The number of carboxylic acid groups (broad SMARTS) is 1. The number of carbonyl (C=O) groups excluding carboxylic acids is 3. The molecule has 3 aromatic rings. The Balaban J connectivity index is 1.96. The number of hydrogen-bond acceptors (Lipinski definition) is 6. The first-order valence-corrected chi connectivity index (χ1v) is 11.5. The van der Waals surface area contributed by atoms with Crippen LogP contribution in [0, 0.1) is 0 Å². The summed E-state index contributed by atoms with van der Waals surface area (Å²) in [4.78, 5) is 50.4. The summed E-state index contributed by atoms with van der Waals surface area (Å²) in [5.41, 5.74) is -4.04. The third-order valence-corrected chi connectivity index (χ3v) is 5.46. The van der Waals surface area contributed by atoms with Crippen molar-refractivity contribution in [1.82, 2.24) is 0 Å². The smallest absolute Gasteiger partial charge is 0.416 e. The number of carboxylic acids is 1. The highest BCUT2D eigenvalue weighted by atomic mass is 35.5. The molecule has 3 rings (SSSR count). The first-order chi connectivity index (χ1) is 19.1. The Kier molecular flexibility index (Phi) is 9.28. The number of nitrogens with one attached hydrogen (secondary N) is 1. The highest BCUT2D eigenvalue weighted by molar-refractivity contribution is 6.30. The zero-order valence-electron chi connectivity index (χ0n) is 20.1. The normalized spacial score (nSPS) is 13.0. The van der Waals surface area contributed by atoms with Crippen molar-refractivity contribution in [2.75, 3.05) is 5.32 Å². The Morgan fingerprint density at radius 3 is 1.56 bits per heavy atom. The minimum absolute atomic E-state index is 0.00661. The van der Waals surface area contributed by atoms with Gasteiger partial charge in [0.05, 0.1) is 22.3 Å². The lowest BCUT2D eigenvalue weighted by Crippen LogP contribution is -2.48. The van der Waals surface area contributed by atoms with E-state index in [0.717, 1.165) is 24.3 Å². The van der Waals surface area contributed by atoms with Crippen molar-refractivity contribution in [2.45, 2.75) is 24.6 Å². The molecule has 216 valence electrons. The number of rotatable bonds is 8. The Labute approximate surface area is 231 Å². The van der Waals surface area contributed by atoms with Crippen molar-refractivity contribution in [3.63, 3.8) is 0 Å². The lowest BCUT2D eigenvalue weighted by molar-refractivity contribution is -0.157. The van der Waals surface area contributed by atoms with Crippen LogP contribution in [0.3, 0.4) is 0 Å². The fourth-order valence-corrected chi connectivity index (χ4v) is 3.38. The molecule has 0 aliphatic carbocycles. The van der Waals surface area contributed by atoms with Gasteiger partial charge in [-0.2, -0.15) is 26.3 Å². The molecule has 0 heterocycles. The third kappa shape index (κ3) is 8.20. The number of ether oxygens (including phenoxy) is 2. The van der Waals surface area contributed by atoms with Crippen LogP contribution in [0.25, 0.3) is 0 Å². The number of benzene rings is 3. The maximum absolute atomic E-state index is 13.1. The molecule has 0 saturated carbocycles. The molecule has 3 aromatic carbocycles. The average Bonchev–Trinajstić information content (AvgIpc) is 2.90. The number of esters is 2. The largest absolute Gasteiger partial charge is 0.478 e. The second-order valence-electron chi connectivity index (χ2n) is 8.14. The van der Waals surface area contributed by atoms with Crippen LogP contribution in [0.1, 0.15) is 31.8 Å². The maximum Gasteiger partial charge on any atom is 0.416 e. The molecule has 0 bridgehead atoms. The average molecular weight is 604 g/mol. The highest BCUT2D eigenvalue weighted by Gasteiger charge is 2.42.